The van der Waals surface area contributed by atoms with Crippen LogP contribution in [0, 0.1) is 19.8 Å². The minimum Gasteiger partial charge on any atom is -0.493 e. The summed E-state index contributed by atoms with van der Waals surface area (Å²) in [5, 5.41) is 0. The Hall–Kier alpha value is -2.04. The first-order valence-electron chi connectivity index (χ1n) is 8.03. The minimum atomic E-state index is -0.878. The summed E-state index contributed by atoms with van der Waals surface area (Å²) < 4.78 is 15.6. The predicted octanol–water partition coefficient (Wildman–Crippen LogP) is 3.20. The molecule has 23 heavy (non-hydrogen) atoms. The monoisotopic (exact) mass is 322 g/mol. The Labute approximate surface area is 137 Å². The van der Waals surface area contributed by atoms with Crippen molar-refractivity contribution in [2.45, 2.75) is 40.5 Å². The Morgan fingerprint density at radius 2 is 1.65 bits per heavy atom. The highest BCUT2D eigenvalue weighted by atomic mass is 16.6. The molecule has 0 aromatic heterocycles. The summed E-state index contributed by atoms with van der Waals surface area (Å²) in [6.07, 6.45) is 0.915. The number of carbonyl (C=O) groups is 2. The average molecular weight is 322 g/mol. The smallest absolute Gasteiger partial charge is 0.320 e. The van der Waals surface area contributed by atoms with Gasteiger partial charge in [0.2, 0.25) is 0 Å². The Morgan fingerprint density at radius 1 is 1.04 bits per heavy atom. The van der Waals surface area contributed by atoms with Crippen molar-refractivity contribution in [3.05, 3.63) is 29.3 Å². The van der Waals surface area contributed by atoms with Gasteiger partial charge in [-0.1, -0.05) is 12.1 Å². The first-order valence-corrected chi connectivity index (χ1v) is 8.03. The molecule has 0 fully saturated rings. The lowest BCUT2D eigenvalue weighted by molar-refractivity contribution is -0.162. The summed E-state index contributed by atoms with van der Waals surface area (Å²) in [5.74, 6) is -1.11. The summed E-state index contributed by atoms with van der Waals surface area (Å²) >= 11 is 0. The molecule has 1 rings (SSSR count). The largest absolute Gasteiger partial charge is 0.493 e. The number of benzene rings is 1. The summed E-state index contributed by atoms with van der Waals surface area (Å²) in [4.78, 5) is 23.7. The van der Waals surface area contributed by atoms with E-state index in [0.29, 0.717) is 19.4 Å². The third-order valence-electron chi connectivity index (χ3n) is 3.59. The number of carbonyl (C=O) groups excluding carboxylic acids is 2. The van der Waals surface area contributed by atoms with E-state index in [1.54, 1.807) is 13.8 Å². The molecule has 0 radical (unpaired) electrons. The van der Waals surface area contributed by atoms with Crippen molar-refractivity contribution < 1.29 is 23.8 Å². The molecule has 0 saturated carbocycles. The molecule has 128 valence electrons. The van der Waals surface area contributed by atoms with E-state index in [9.17, 15) is 9.59 Å². The fraction of sp³-hybridized carbons (Fsp3) is 0.556. The van der Waals surface area contributed by atoms with E-state index >= 15 is 0 Å². The van der Waals surface area contributed by atoms with Crippen molar-refractivity contribution >= 4 is 11.9 Å². The van der Waals surface area contributed by atoms with Crippen LogP contribution in [0.1, 0.15) is 37.8 Å². The van der Waals surface area contributed by atoms with Gasteiger partial charge in [-0.25, -0.2) is 0 Å². The molecular weight excluding hydrogens is 296 g/mol. The van der Waals surface area contributed by atoms with Crippen LogP contribution in [-0.2, 0) is 19.1 Å². The fourth-order valence-electron chi connectivity index (χ4n) is 2.17. The lowest BCUT2D eigenvalue weighted by atomic mass is 10.0. The first kappa shape index (κ1) is 19.0. The number of ether oxygens (including phenoxy) is 3. The van der Waals surface area contributed by atoms with Gasteiger partial charge in [0.05, 0.1) is 19.8 Å². The van der Waals surface area contributed by atoms with E-state index in [1.165, 1.54) is 5.56 Å². The lowest BCUT2D eigenvalue weighted by Crippen LogP contribution is -2.28. The van der Waals surface area contributed by atoms with E-state index in [2.05, 4.69) is 0 Å². The zero-order valence-electron chi connectivity index (χ0n) is 14.4. The molecule has 5 heteroatoms. The molecule has 0 aliphatic carbocycles. The van der Waals surface area contributed by atoms with Crippen molar-refractivity contribution in [1.82, 2.24) is 0 Å². The van der Waals surface area contributed by atoms with Crippen LogP contribution in [0.4, 0.5) is 0 Å². The Balaban J connectivity index is 2.53. The van der Waals surface area contributed by atoms with Gasteiger partial charge in [-0.2, -0.15) is 0 Å². The van der Waals surface area contributed by atoms with Crippen molar-refractivity contribution in [2.75, 3.05) is 19.8 Å². The second-order valence-electron chi connectivity index (χ2n) is 5.25. The van der Waals surface area contributed by atoms with Crippen LogP contribution in [0.15, 0.2) is 18.2 Å². The van der Waals surface area contributed by atoms with Gasteiger partial charge in [0.1, 0.15) is 5.75 Å². The number of esters is 2. The highest BCUT2D eigenvalue weighted by Gasteiger charge is 2.28. The number of aryl methyl sites for hydroxylation is 1. The molecule has 0 bridgehead atoms. The van der Waals surface area contributed by atoms with Crippen molar-refractivity contribution in [3.8, 4) is 5.75 Å². The van der Waals surface area contributed by atoms with Gasteiger partial charge in [0.15, 0.2) is 5.92 Å². The number of hydrogen-bond acceptors (Lipinski definition) is 5. The maximum absolute atomic E-state index is 11.9. The second kappa shape index (κ2) is 9.87. The molecule has 0 heterocycles. The van der Waals surface area contributed by atoms with Crippen molar-refractivity contribution in [2.24, 2.45) is 5.92 Å². The minimum absolute atomic E-state index is 0.244. The molecule has 0 spiro atoms. The summed E-state index contributed by atoms with van der Waals surface area (Å²) in [5.41, 5.74) is 2.26. The number of hydrogen-bond donors (Lipinski definition) is 0. The first-order chi connectivity index (χ1) is 11.0. The summed E-state index contributed by atoms with van der Waals surface area (Å²) in [7, 11) is 0. The van der Waals surface area contributed by atoms with Crippen molar-refractivity contribution in [1.29, 1.82) is 0 Å². The highest BCUT2D eigenvalue weighted by Crippen LogP contribution is 2.21. The van der Waals surface area contributed by atoms with Crippen LogP contribution in [0.3, 0.4) is 0 Å². The quantitative estimate of drug-likeness (QED) is 0.397. The summed E-state index contributed by atoms with van der Waals surface area (Å²) in [6.45, 7) is 8.37. The molecule has 0 aliphatic rings. The van der Waals surface area contributed by atoms with E-state index in [4.69, 9.17) is 14.2 Å². The molecule has 0 aliphatic heterocycles. The zero-order valence-corrected chi connectivity index (χ0v) is 14.4. The van der Waals surface area contributed by atoms with Gasteiger partial charge < -0.3 is 14.2 Å². The average Bonchev–Trinajstić information content (AvgIpc) is 2.51. The molecule has 1 aromatic carbocycles. The maximum Gasteiger partial charge on any atom is 0.320 e. The second-order valence-corrected chi connectivity index (χ2v) is 5.25. The molecule has 5 nitrogen and oxygen atoms in total. The fourth-order valence-corrected chi connectivity index (χ4v) is 2.17. The molecule has 0 saturated heterocycles. The third-order valence-corrected chi connectivity index (χ3v) is 3.59. The lowest BCUT2D eigenvalue weighted by Gasteiger charge is -2.15. The van der Waals surface area contributed by atoms with E-state index in [-0.39, 0.29) is 13.2 Å². The Kier molecular flexibility index (Phi) is 8.16. The van der Waals surface area contributed by atoms with Crippen LogP contribution in [0.5, 0.6) is 5.75 Å². The highest BCUT2D eigenvalue weighted by molar-refractivity contribution is 5.94. The molecule has 1 aromatic rings. The van der Waals surface area contributed by atoms with Gasteiger partial charge in [-0.3, -0.25) is 9.59 Å². The van der Waals surface area contributed by atoms with Gasteiger partial charge >= 0.3 is 11.9 Å². The van der Waals surface area contributed by atoms with E-state index in [0.717, 1.165) is 11.3 Å². The van der Waals surface area contributed by atoms with Gasteiger partial charge in [0.25, 0.3) is 0 Å². The van der Waals surface area contributed by atoms with E-state index < -0.39 is 17.9 Å². The Bertz CT molecular complexity index is 506. The van der Waals surface area contributed by atoms with E-state index in [1.807, 2.05) is 32.0 Å². The zero-order chi connectivity index (χ0) is 17.2. The van der Waals surface area contributed by atoms with Crippen LogP contribution < -0.4 is 4.74 Å². The molecule has 0 atom stereocenters. The van der Waals surface area contributed by atoms with Crippen LogP contribution >= 0.6 is 0 Å². The molecule has 0 amide bonds. The predicted molar refractivity (Wildman–Crippen MR) is 87.4 cm³/mol. The maximum atomic E-state index is 11.9. The van der Waals surface area contributed by atoms with Crippen LogP contribution in [0.25, 0.3) is 0 Å². The topological polar surface area (TPSA) is 61.8 Å². The standard InChI is InChI=1S/C18H26O5/c1-5-21-17(19)15(18(20)22-6-2)10-8-12-23-16-11-7-9-13(3)14(16)4/h7,9,11,15H,5-6,8,10,12H2,1-4H3. The molecule has 0 unspecified atom stereocenters. The molecule has 0 N–H and O–H groups in total. The van der Waals surface area contributed by atoms with Gasteiger partial charge in [0, 0.05) is 0 Å². The third kappa shape index (κ3) is 5.93. The van der Waals surface area contributed by atoms with Crippen LogP contribution in [0.2, 0.25) is 0 Å². The Morgan fingerprint density at radius 3 is 2.22 bits per heavy atom. The van der Waals surface area contributed by atoms with Gasteiger partial charge in [-0.15, -0.1) is 0 Å². The SMILES string of the molecule is CCOC(=O)C(CCCOc1cccc(C)c1C)C(=O)OCC. The van der Waals surface area contributed by atoms with Crippen molar-refractivity contribution in [3.63, 3.8) is 0 Å². The molecular formula is C18H26O5. The van der Waals surface area contributed by atoms with Crippen LogP contribution in [-0.4, -0.2) is 31.8 Å². The normalized spacial score (nSPS) is 10.5. The summed E-state index contributed by atoms with van der Waals surface area (Å²) in [6, 6.07) is 5.88. The van der Waals surface area contributed by atoms with Gasteiger partial charge in [-0.05, 0) is 57.7 Å². The number of rotatable bonds is 9.